The Hall–Kier alpha value is -2.09. The number of benzene rings is 1. The molecule has 1 heterocycles. The number of alkyl halides is 3. The van der Waals surface area contributed by atoms with Crippen LogP contribution < -0.4 is 0 Å². The van der Waals surface area contributed by atoms with Crippen LogP contribution in [0.15, 0.2) is 35.3 Å². The zero-order valence-corrected chi connectivity index (χ0v) is 11.5. The predicted octanol–water partition coefficient (Wildman–Crippen LogP) is 1.98. The number of likely N-dealkylation sites (N-methyl/N-ethyl adjacent to an activating group) is 1. The van der Waals surface area contributed by atoms with Gasteiger partial charge in [0.05, 0.1) is 0 Å². The van der Waals surface area contributed by atoms with E-state index in [1.807, 2.05) is 0 Å². The standard InChI is InChI=1S/C13H14F3N3O2/c1-18(2)10(20)8-19-11(9-6-4-3-5-7-9)17-12(21-19)13(14,15)16/h3-7,11H,8H2,1-2H3. The maximum atomic E-state index is 12.7. The van der Waals surface area contributed by atoms with E-state index in [9.17, 15) is 18.0 Å². The van der Waals surface area contributed by atoms with Crippen molar-refractivity contribution in [3.63, 3.8) is 0 Å². The predicted molar refractivity (Wildman–Crippen MR) is 69.2 cm³/mol. The molecule has 21 heavy (non-hydrogen) atoms. The summed E-state index contributed by atoms with van der Waals surface area (Å²) < 4.78 is 38.2. The van der Waals surface area contributed by atoms with Crippen LogP contribution in [0.25, 0.3) is 0 Å². The lowest BCUT2D eigenvalue weighted by molar-refractivity contribution is -0.154. The molecule has 0 saturated carbocycles. The molecule has 1 amide bonds. The van der Waals surface area contributed by atoms with Gasteiger partial charge in [0, 0.05) is 14.1 Å². The maximum Gasteiger partial charge on any atom is 0.470 e. The van der Waals surface area contributed by atoms with Gasteiger partial charge in [-0.3, -0.25) is 4.79 Å². The Morgan fingerprint density at radius 2 is 1.95 bits per heavy atom. The van der Waals surface area contributed by atoms with Crippen molar-refractivity contribution in [2.75, 3.05) is 20.6 Å². The van der Waals surface area contributed by atoms with Crippen molar-refractivity contribution in [3.8, 4) is 0 Å². The second-order valence-electron chi connectivity index (χ2n) is 4.67. The molecule has 1 aliphatic heterocycles. The van der Waals surface area contributed by atoms with E-state index in [0.29, 0.717) is 5.56 Å². The van der Waals surface area contributed by atoms with E-state index in [4.69, 9.17) is 4.84 Å². The van der Waals surface area contributed by atoms with Crippen LogP contribution in [-0.4, -0.2) is 48.6 Å². The number of nitrogens with zero attached hydrogens (tertiary/aromatic N) is 3. The van der Waals surface area contributed by atoms with E-state index in [1.165, 1.54) is 19.0 Å². The molecular formula is C13H14F3N3O2. The van der Waals surface area contributed by atoms with E-state index in [-0.39, 0.29) is 12.5 Å². The van der Waals surface area contributed by atoms with Crippen LogP contribution in [0.1, 0.15) is 11.7 Å². The van der Waals surface area contributed by atoms with Crippen molar-refractivity contribution in [3.05, 3.63) is 35.9 Å². The van der Waals surface area contributed by atoms with Gasteiger partial charge in [-0.05, 0) is 5.56 Å². The fourth-order valence-corrected chi connectivity index (χ4v) is 1.74. The monoisotopic (exact) mass is 301 g/mol. The second kappa shape index (κ2) is 5.72. The van der Waals surface area contributed by atoms with Crippen molar-refractivity contribution in [2.45, 2.75) is 12.3 Å². The first kappa shape index (κ1) is 15.3. The minimum Gasteiger partial charge on any atom is -0.378 e. The Morgan fingerprint density at radius 1 is 1.33 bits per heavy atom. The Balaban J connectivity index is 2.26. The van der Waals surface area contributed by atoms with Gasteiger partial charge in [-0.2, -0.15) is 13.2 Å². The highest BCUT2D eigenvalue weighted by Crippen LogP contribution is 2.33. The largest absolute Gasteiger partial charge is 0.470 e. The van der Waals surface area contributed by atoms with Gasteiger partial charge < -0.3 is 9.74 Å². The first-order valence-electron chi connectivity index (χ1n) is 6.13. The van der Waals surface area contributed by atoms with E-state index < -0.39 is 18.2 Å². The Bertz CT molecular complexity index is 543. The number of halogens is 3. The maximum absolute atomic E-state index is 12.7. The van der Waals surface area contributed by atoms with Crippen molar-refractivity contribution >= 4 is 11.8 Å². The smallest absolute Gasteiger partial charge is 0.378 e. The molecule has 1 atom stereocenters. The first-order valence-corrected chi connectivity index (χ1v) is 6.13. The van der Waals surface area contributed by atoms with Crippen LogP contribution in [-0.2, 0) is 9.63 Å². The van der Waals surface area contributed by atoms with E-state index in [0.717, 1.165) is 5.06 Å². The van der Waals surface area contributed by atoms with Crippen molar-refractivity contribution < 1.29 is 22.8 Å². The number of carbonyl (C=O) groups excluding carboxylic acids is 1. The topological polar surface area (TPSA) is 45.1 Å². The minimum atomic E-state index is -4.69. The molecule has 5 nitrogen and oxygen atoms in total. The molecule has 0 fully saturated rings. The highest BCUT2D eigenvalue weighted by Gasteiger charge is 2.46. The molecule has 1 unspecified atom stereocenters. The van der Waals surface area contributed by atoms with Crippen LogP contribution in [0.2, 0.25) is 0 Å². The Labute approximate surface area is 119 Å². The second-order valence-corrected chi connectivity index (χ2v) is 4.67. The number of aliphatic imine (C=N–C) groups is 1. The molecule has 114 valence electrons. The number of amides is 1. The number of carbonyl (C=O) groups is 1. The number of rotatable bonds is 3. The van der Waals surface area contributed by atoms with E-state index in [2.05, 4.69) is 4.99 Å². The quantitative estimate of drug-likeness (QED) is 0.857. The molecule has 1 aliphatic rings. The summed E-state index contributed by atoms with van der Waals surface area (Å²) in [7, 11) is 3.03. The van der Waals surface area contributed by atoms with Gasteiger partial charge in [-0.15, -0.1) is 5.06 Å². The summed E-state index contributed by atoms with van der Waals surface area (Å²) >= 11 is 0. The van der Waals surface area contributed by atoms with Gasteiger partial charge >= 0.3 is 12.1 Å². The highest BCUT2D eigenvalue weighted by molar-refractivity contribution is 5.84. The molecule has 0 spiro atoms. The first-order chi connectivity index (χ1) is 9.79. The molecule has 0 aliphatic carbocycles. The SMILES string of the molecule is CN(C)C(=O)CN1OC(C(F)(F)F)=NC1c1ccccc1. The molecule has 0 saturated heterocycles. The van der Waals surface area contributed by atoms with Crippen LogP contribution in [0.4, 0.5) is 13.2 Å². The molecule has 1 aromatic rings. The zero-order chi connectivity index (χ0) is 15.6. The summed E-state index contributed by atoms with van der Waals surface area (Å²) in [5.41, 5.74) is 0.517. The van der Waals surface area contributed by atoms with Gasteiger partial charge in [-0.25, -0.2) is 4.99 Å². The molecule has 0 radical (unpaired) electrons. The Morgan fingerprint density at radius 3 is 2.48 bits per heavy atom. The average Bonchev–Trinajstić information content (AvgIpc) is 2.83. The molecule has 0 bridgehead atoms. The lowest BCUT2D eigenvalue weighted by atomic mass is 10.2. The highest BCUT2D eigenvalue weighted by atomic mass is 19.4. The summed E-state index contributed by atoms with van der Waals surface area (Å²) in [6.07, 6.45) is -5.69. The summed E-state index contributed by atoms with van der Waals surface area (Å²) in [5.74, 6) is -1.72. The van der Waals surface area contributed by atoms with E-state index >= 15 is 0 Å². The lowest BCUT2D eigenvalue weighted by Crippen LogP contribution is -2.37. The number of hydrogen-bond acceptors (Lipinski definition) is 4. The number of hydroxylamine groups is 2. The van der Waals surface area contributed by atoms with Crippen LogP contribution >= 0.6 is 0 Å². The summed E-state index contributed by atoms with van der Waals surface area (Å²) in [5, 5.41) is 0.931. The van der Waals surface area contributed by atoms with Crippen LogP contribution in [0.3, 0.4) is 0 Å². The lowest BCUT2D eigenvalue weighted by Gasteiger charge is -2.22. The third kappa shape index (κ3) is 3.52. The summed E-state index contributed by atoms with van der Waals surface area (Å²) in [4.78, 5) is 21.3. The molecule has 0 aromatic heterocycles. The summed E-state index contributed by atoms with van der Waals surface area (Å²) in [6.45, 7) is -0.324. The van der Waals surface area contributed by atoms with Crippen LogP contribution in [0, 0.1) is 0 Å². The Kier molecular flexibility index (Phi) is 4.17. The van der Waals surface area contributed by atoms with Gasteiger partial charge in [0.1, 0.15) is 6.54 Å². The number of hydrogen-bond donors (Lipinski definition) is 0. The zero-order valence-electron chi connectivity index (χ0n) is 11.5. The molecule has 2 rings (SSSR count). The minimum absolute atomic E-state index is 0.324. The van der Waals surface area contributed by atoms with Gasteiger partial charge in [-0.1, -0.05) is 30.3 Å². The van der Waals surface area contributed by atoms with Gasteiger partial charge in [0.15, 0.2) is 6.17 Å². The van der Waals surface area contributed by atoms with Crippen molar-refractivity contribution in [2.24, 2.45) is 4.99 Å². The fraction of sp³-hybridized carbons (Fsp3) is 0.385. The third-order valence-electron chi connectivity index (χ3n) is 2.85. The normalized spacial score (nSPS) is 19.1. The van der Waals surface area contributed by atoms with E-state index in [1.54, 1.807) is 30.3 Å². The van der Waals surface area contributed by atoms with Crippen LogP contribution in [0.5, 0.6) is 0 Å². The fourth-order valence-electron chi connectivity index (χ4n) is 1.74. The van der Waals surface area contributed by atoms with Gasteiger partial charge in [0.2, 0.25) is 5.91 Å². The molecule has 8 heteroatoms. The average molecular weight is 301 g/mol. The molecule has 1 aromatic carbocycles. The summed E-state index contributed by atoms with van der Waals surface area (Å²) in [6, 6.07) is 8.36. The third-order valence-corrected chi connectivity index (χ3v) is 2.85. The van der Waals surface area contributed by atoms with Crippen molar-refractivity contribution in [1.29, 1.82) is 0 Å². The van der Waals surface area contributed by atoms with Crippen molar-refractivity contribution in [1.82, 2.24) is 9.96 Å². The van der Waals surface area contributed by atoms with Gasteiger partial charge in [0.25, 0.3) is 0 Å². The molecular weight excluding hydrogens is 287 g/mol. The molecule has 0 N–H and O–H groups in total.